The Morgan fingerprint density at radius 2 is 1.72 bits per heavy atom. The molecule has 0 fully saturated rings. The van der Waals surface area contributed by atoms with Crippen LogP contribution in [0, 0.1) is 0 Å². The third-order valence-corrected chi connectivity index (χ3v) is 2.62. The molecule has 4 nitrogen and oxygen atoms in total. The Morgan fingerprint density at radius 3 is 2.39 bits per heavy atom. The molecule has 0 radical (unpaired) electrons. The highest BCUT2D eigenvalue weighted by Gasteiger charge is 2.02. The van der Waals surface area contributed by atoms with Gasteiger partial charge in [0.05, 0.1) is 6.61 Å². The predicted octanol–water partition coefficient (Wildman–Crippen LogP) is 2.81. The van der Waals surface area contributed by atoms with Crippen molar-refractivity contribution >= 4 is 11.9 Å². The van der Waals surface area contributed by atoms with E-state index < -0.39 is 0 Å². The highest BCUT2D eigenvalue weighted by atomic mass is 16.5. The standard InChI is InChI=1S/C14H27NO3/c1-3-5-12-18-14(17)10-7-6-8-11-15-13(16)9-4-2/h3-12H2,1-2H3,(H,15,16). The van der Waals surface area contributed by atoms with Gasteiger partial charge in [-0.25, -0.2) is 0 Å². The first-order valence-corrected chi connectivity index (χ1v) is 7.13. The zero-order valence-electron chi connectivity index (χ0n) is 11.8. The summed E-state index contributed by atoms with van der Waals surface area (Å²) in [6.07, 6.45) is 6.69. The van der Waals surface area contributed by atoms with Crippen molar-refractivity contribution in [3.05, 3.63) is 0 Å². The molecule has 0 spiro atoms. The normalized spacial score (nSPS) is 10.1. The number of hydrogen-bond acceptors (Lipinski definition) is 3. The van der Waals surface area contributed by atoms with Crippen LogP contribution in [0.4, 0.5) is 0 Å². The Kier molecular flexibility index (Phi) is 11.7. The second-order valence-corrected chi connectivity index (χ2v) is 4.48. The van der Waals surface area contributed by atoms with E-state index in [1.807, 2.05) is 6.92 Å². The largest absolute Gasteiger partial charge is 0.466 e. The zero-order chi connectivity index (χ0) is 13.6. The van der Waals surface area contributed by atoms with E-state index in [0.717, 1.165) is 38.5 Å². The first kappa shape index (κ1) is 16.9. The minimum atomic E-state index is -0.0986. The summed E-state index contributed by atoms with van der Waals surface area (Å²) in [4.78, 5) is 22.4. The molecule has 0 saturated heterocycles. The van der Waals surface area contributed by atoms with Gasteiger partial charge < -0.3 is 10.1 Å². The van der Waals surface area contributed by atoms with E-state index in [-0.39, 0.29) is 11.9 Å². The molecule has 18 heavy (non-hydrogen) atoms. The zero-order valence-corrected chi connectivity index (χ0v) is 11.8. The summed E-state index contributed by atoms with van der Waals surface area (Å²) in [6, 6.07) is 0. The van der Waals surface area contributed by atoms with Crippen LogP contribution in [0.1, 0.15) is 65.2 Å². The summed E-state index contributed by atoms with van der Waals surface area (Å²) < 4.78 is 5.05. The average Bonchev–Trinajstić information content (AvgIpc) is 2.34. The third kappa shape index (κ3) is 11.4. The first-order chi connectivity index (χ1) is 8.70. The number of nitrogens with one attached hydrogen (secondary N) is 1. The van der Waals surface area contributed by atoms with Crippen LogP contribution in [0.2, 0.25) is 0 Å². The molecule has 0 aliphatic carbocycles. The van der Waals surface area contributed by atoms with E-state index in [4.69, 9.17) is 4.74 Å². The molecule has 1 N–H and O–H groups in total. The lowest BCUT2D eigenvalue weighted by Crippen LogP contribution is -2.23. The summed E-state index contributed by atoms with van der Waals surface area (Å²) >= 11 is 0. The average molecular weight is 257 g/mol. The lowest BCUT2D eigenvalue weighted by molar-refractivity contribution is -0.143. The number of amides is 1. The van der Waals surface area contributed by atoms with Crippen LogP contribution in [-0.2, 0) is 14.3 Å². The van der Waals surface area contributed by atoms with Crippen molar-refractivity contribution in [3.63, 3.8) is 0 Å². The van der Waals surface area contributed by atoms with Gasteiger partial charge in [0.1, 0.15) is 0 Å². The molecule has 0 aromatic carbocycles. The third-order valence-electron chi connectivity index (χ3n) is 2.62. The quantitative estimate of drug-likeness (QED) is 0.457. The van der Waals surface area contributed by atoms with Crippen LogP contribution in [0.5, 0.6) is 0 Å². The monoisotopic (exact) mass is 257 g/mol. The van der Waals surface area contributed by atoms with Crippen LogP contribution in [0.3, 0.4) is 0 Å². The molecule has 0 heterocycles. The molecular weight excluding hydrogens is 230 g/mol. The molecule has 0 rings (SSSR count). The maximum atomic E-state index is 11.3. The van der Waals surface area contributed by atoms with Crippen molar-refractivity contribution in [2.45, 2.75) is 65.2 Å². The Bertz CT molecular complexity index is 229. The van der Waals surface area contributed by atoms with Gasteiger partial charge >= 0.3 is 5.97 Å². The molecule has 0 saturated carbocycles. The summed E-state index contributed by atoms with van der Waals surface area (Å²) in [7, 11) is 0. The number of unbranched alkanes of at least 4 members (excludes halogenated alkanes) is 3. The van der Waals surface area contributed by atoms with E-state index >= 15 is 0 Å². The highest BCUT2D eigenvalue weighted by Crippen LogP contribution is 2.01. The van der Waals surface area contributed by atoms with Crippen LogP contribution < -0.4 is 5.32 Å². The Balaban J connectivity index is 3.24. The molecule has 1 amide bonds. The predicted molar refractivity (Wildman–Crippen MR) is 72.3 cm³/mol. The maximum absolute atomic E-state index is 11.3. The minimum Gasteiger partial charge on any atom is -0.466 e. The summed E-state index contributed by atoms with van der Waals surface area (Å²) in [5.74, 6) is 0.0231. The Labute approximate surface area is 110 Å². The van der Waals surface area contributed by atoms with E-state index in [9.17, 15) is 9.59 Å². The molecular formula is C14H27NO3. The van der Waals surface area contributed by atoms with Crippen molar-refractivity contribution in [1.29, 1.82) is 0 Å². The van der Waals surface area contributed by atoms with Gasteiger partial charge in [-0.05, 0) is 25.7 Å². The molecule has 4 heteroatoms. The Morgan fingerprint density at radius 1 is 0.944 bits per heavy atom. The molecule has 0 aromatic heterocycles. The maximum Gasteiger partial charge on any atom is 0.305 e. The van der Waals surface area contributed by atoms with Gasteiger partial charge in [0.25, 0.3) is 0 Å². The van der Waals surface area contributed by atoms with E-state index in [2.05, 4.69) is 12.2 Å². The van der Waals surface area contributed by atoms with Gasteiger partial charge in [0.2, 0.25) is 5.91 Å². The lowest BCUT2D eigenvalue weighted by atomic mass is 10.2. The number of esters is 1. The second-order valence-electron chi connectivity index (χ2n) is 4.48. The number of hydrogen-bond donors (Lipinski definition) is 1. The summed E-state index contributed by atoms with van der Waals surface area (Å²) in [5.41, 5.74) is 0. The van der Waals surface area contributed by atoms with Crippen molar-refractivity contribution in [3.8, 4) is 0 Å². The fraction of sp³-hybridized carbons (Fsp3) is 0.857. The Hall–Kier alpha value is -1.06. The topological polar surface area (TPSA) is 55.4 Å². The van der Waals surface area contributed by atoms with Gasteiger partial charge in [0.15, 0.2) is 0 Å². The van der Waals surface area contributed by atoms with Crippen molar-refractivity contribution in [1.82, 2.24) is 5.32 Å². The molecule has 0 bridgehead atoms. The lowest BCUT2D eigenvalue weighted by Gasteiger charge is -2.05. The number of rotatable bonds is 11. The summed E-state index contributed by atoms with van der Waals surface area (Å²) in [6.45, 7) is 5.32. The molecule has 0 aliphatic heterocycles. The molecule has 0 atom stereocenters. The smallest absolute Gasteiger partial charge is 0.305 e. The fourth-order valence-corrected chi connectivity index (χ4v) is 1.52. The second kappa shape index (κ2) is 12.4. The number of carbonyl (C=O) groups is 2. The van der Waals surface area contributed by atoms with Gasteiger partial charge in [-0.15, -0.1) is 0 Å². The van der Waals surface area contributed by atoms with Crippen LogP contribution in [0.25, 0.3) is 0 Å². The van der Waals surface area contributed by atoms with Gasteiger partial charge in [-0.3, -0.25) is 9.59 Å². The number of ether oxygens (including phenoxy) is 1. The molecule has 0 aromatic rings. The minimum absolute atomic E-state index is 0.0986. The SMILES string of the molecule is CCCCOC(=O)CCCCCNC(=O)CCC. The van der Waals surface area contributed by atoms with Gasteiger partial charge in [0, 0.05) is 19.4 Å². The van der Waals surface area contributed by atoms with Crippen LogP contribution in [0.15, 0.2) is 0 Å². The van der Waals surface area contributed by atoms with Crippen molar-refractivity contribution < 1.29 is 14.3 Å². The van der Waals surface area contributed by atoms with E-state index in [1.54, 1.807) is 0 Å². The first-order valence-electron chi connectivity index (χ1n) is 7.13. The molecule has 0 aliphatic rings. The van der Waals surface area contributed by atoms with Crippen molar-refractivity contribution in [2.75, 3.05) is 13.2 Å². The highest BCUT2D eigenvalue weighted by molar-refractivity contribution is 5.75. The number of carbonyl (C=O) groups excluding carboxylic acids is 2. The van der Waals surface area contributed by atoms with Crippen LogP contribution in [-0.4, -0.2) is 25.0 Å². The molecule has 0 unspecified atom stereocenters. The van der Waals surface area contributed by atoms with E-state index in [0.29, 0.717) is 26.0 Å². The van der Waals surface area contributed by atoms with Gasteiger partial charge in [-0.2, -0.15) is 0 Å². The van der Waals surface area contributed by atoms with E-state index in [1.165, 1.54) is 0 Å². The fourth-order valence-electron chi connectivity index (χ4n) is 1.52. The van der Waals surface area contributed by atoms with Crippen molar-refractivity contribution in [2.24, 2.45) is 0 Å². The summed E-state index contributed by atoms with van der Waals surface area (Å²) in [5, 5.41) is 2.86. The molecule has 106 valence electrons. The van der Waals surface area contributed by atoms with Gasteiger partial charge in [-0.1, -0.05) is 26.7 Å². The van der Waals surface area contributed by atoms with Crippen LogP contribution >= 0.6 is 0 Å².